The third-order valence-electron chi connectivity index (χ3n) is 2.84. The summed E-state index contributed by atoms with van der Waals surface area (Å²) < 4.78 is 0. The molecule has 4 heteroatoms. The van der Waals surface area contributed by atoms with E-state index in [-0.39, 0.29) is 5.57 Å². The second-order valence-corrected chi connectivity index (χ2v) is 4.78. The zero-order chi connectivity index (χ0) is 17.3. The van der Waals surface area contributed by atoms with Crippen LogP contribution in [0.3, 0.4) is 0 Å². The summed E-state index contributed by atoms with van der Waals surface area (Å²) in [7, 11) is 0. The van der Waals surface area contributed by atoms with E-state index in [1.807, 2.05) is 52.8 Å². The molecule has 0 unspecified atom stereocenters. The van der Waals surface area contributed by atoms with Crippen LogP contribution >= 0.6 is 11.6 Å². The molecule has 0 saturated carbocycles. The van der Waals surface area contributed by atoms with E-state index in [9.17, 15) is 4.79 Å². The highest BCUT2D eigenvalue weighted by atomic mass is 35.5. The van der Waals surface area contributed by atoms with E-state index in [1.165, 1.54) is 0 Å². The van der Waals surface area contributed by atoms with E-state index >= 15 is 0 Å². The lowest BCUT2D eigenvalue weighted by atomic mass is 10.1. The number of hydrogen-bond donors (Lipinski definition) is 2. The minimum Gasteiger partial charge on any atom is -0.478 e. The fourth-order valence-corrected chi connectivity index (χ4v) is 1.85. The topological polar surface area (TPSA) is 49.3 Å². The van der Waals surface area contributed by atoms with Gasteiger partial charge < -0.3 is 10.4 Å². The van der Waals surface area contributed by atoms with Gasteiger partial charge in [0.1, 0.15) is 0 Å². The predicted molar refractivity (Wildman–Crippen MR) is 95.6 cm³/mol. The quantitative estimate of drug-likeness (QED) is 0.556. The lowest BCUT2D eigenvalue weighted by Gasteiger charge is -2.16. The molecule has 1 aromatic carbocycles. The Labute approximate surface area is 138 Å². The van der Waals surface area contributed by atoms with Gasteiger partial charge >= 0.3 is 5.97 Å². The van der Waals surface area contributed by atoms with Crippen LogP contribution in [0.25, 0.3) is 0 Å². The Morgan fingerprint density at radius 3 is 2.32 bits per heavy atom. The lowest BCUT2D eigenvalue weighted by Crippen LogP contribution is -2.10. The summed E-state index contributed by atoms with van der Waals surface area (Å²) in [5, 5.41) is 12.7. The van der Waals surface area contributed by atoms with Crippen LogP contribution in [0.15, 0.2) is 48.2 Å². The monoisotopic (exact) mass is 321 g/mol. The van der Waals surface area contributed by atoms with E-state index in [1.54, 1.807) is 12.2 Å². The van der Waals surface area contributed by atoms with Crippen molar-refractivity contribution >= 4 is 23.3 Å². The zero-order valence-electron chi connectivity index (χ0n) is 13.8. The molecule has 0 aliphatic carbocycles. The SMILES string of the molecule is C=C(C(=O)O)/C(=C\C=C/C)Nc1c(C)ccc(C)c1Cl.CC. The van der Waals surface area contributed by atoms with Gasteiger partial charge in [0.25, 0.3) is 0 Å². The van der Waals surface area contributed by atoms with Crippen LogP contribution in [-0.4, -0.2) is 11.1 Å². The van der Waals surface area contributed by atoms with Crippen LogP contribution in [0.2, 0.25) is 5.02 Å². The Balaban J connectivity index is 0.00000211. The molecule has 0 atom stereocenters. The standard InChI is InChI=1S/C16H18ClNO2.C2H6/c1-5-6-7-13(12(4)16(19)20)18-15-11(3)9-8-10(2)14(15)17;1-2/h5-9,18H,4H2,1-3H3,(H,19,20);1-2H3/b6-5-,13-7+;. The van der Waals surface area contributed by atoms with Gasteiger partial charge in [0.15, 0.2) is 0 Å². The van der Waals surface area contributed by atoms with Crippen LogP contribution in [0.1, 0.15) is 31.9 Å². The van der Waals surface area contributed by atoms with Gasteiger partial charge in [-0.3, -0.25) is 0 Å². The first-order chi connectivity index (χ1) is 10.4. The highest BCUT2D eigenvalue weighted by molar-refractivity contribution is 6.34. The lowest BCUT2D eigenvalue weighted by molar-refractivity contribution is -0.132. The van der Waals surface area contributed by atoms with E-state index in [0.29, 0.717) is 16.4 Å². The van der Waals surface area contributed by atoms with Crippen molar-refractivity contribution in [3.8, 4) is 0 Å². The van der Waals surface area contributed by atoms with Crippen molar-refractivity contribution in [1.82, 2.24) is 0 Å². The fraction of sp³-hybridized carbons (Fsp3) is 0.278. The molecule has 22 heavy (non-hydrogen) atoms. The van der Waals surface area contributed by atoms with Gasteiger partial charge in [-0.1, -0.05) is 56.3 Å². The second-order valence-electron chi connectivity index (χ2n) is 4.40. The average Bonchev–Trinajstić information content (AvgIpc) is 2.51. The Morgan fingerprint density at radius 2 is 1.82 bits per heavy atom. The molecule has 0 aliphatic rings. The maximum absolute atomic E-state index is 11.1. The summed E-state index contributed by atoms with van der Waals surface area (Å²) in [5.41, 5.74) is 2.95. The molecular weight excluding hydrogens is 298 g/mol. The maximum atomic E-state index is 11.1. The van der Waals surface area contributed by atoms with Crippen molar-refractivity contribution < 1.29 is 9.90 Å². The number of allylic oxidation sites excluding steroid dienone is 3. The van der Waals surface area contributed by atoms with Crippen molar-refractivity contribution in [1.29, 1.82) is 0 Å². The smallest absolute Gasteiger partial charge is 0.337 e. The molecule has 0 spiro atoms. The average molecular weight is 322 g/mol. The number of carboxylic acid groups (broad SMARTS) is 1. The normalized spacial score (nSPS) is 10.9. The predicted octanol–water partition coefficient (Wildman–Crippen LogP) is 5.50. The summed E-state index contributed by atoms with van der Waals surface area (Å²) in [5.74, 6) is -1.07. The number of carbonyl (C=O) groups is 1. The first-order valence-corrected chi connectivity index (χ1v) is 7.54. The number of aryl methyl sites for hydroxylation is 2. The highest BCUT2D eigenvalue weighted by Gasteiger charge is 2.14. The fourth-order valence-electron chi connectivity index (χ4n) is 1.59. The van der Waals surface area contributed by atoms with Crippen LogP contribution < -0.4 is 5.32 Å². The molecule has 0 heterocycles. The number of aliphatic carboxylic acids is 1. The van der Waals surface area contributed by atoms with Gasteiger partial charge in [0, 0.05) is 0 Å². The van der Waals surface area contributed by atoms with Gasteiger partial charge in [-0.2, -0.15) is 0 Å². The third-order valence-corrected chi connectivity index (χ3v) is 3.33. The van der Waals surface area contributed by atoms with E-state index in [4.69, 9.17) is 16.7 Å². The molecule has 0 radical (unpaired) electrons. The maximum Gasteiger partial charge on any atom is 0.337 e. The number of anilines is 1. The minimum atomic E-state index is -1.07. The molecule has 0 saturated heterocycles. The number of nitrogens with one attached hydrogen (secondary N) is 1. The molecule has 0 bridgehead atoms. The van der Waals surface area contributed by atoms with Crippen molar-refractivity contribution in [2.24, 2.45) is 0 Å². The molecule has 3 nitrogen and oxygen atoms in total. The molecule has 1 aromatic rings. The van der Waals surface area contributed by atoms with Crippen molar-refractivity contribution in [2.75, 3.05) is 5.32 Å². The Kier molecular flexibility index (Phi) is 8.95. The van der Waals surface area contributed by atoms with Crippen molar-refractivity contribution in [3.05, 3.63) is 64.4 Å². The largest absolute Gasteiger partial charge is 0.478 e. The van der Waals surface area contributed by atoms with Crippen LogP contribution in [-0.2, 0) is 4.79 Å². The second kappa shape index (κ2) is 9.85. The van der Waals surface area contributed by atoms with Crippen molar-refractivity contribution in [3.63, 3.8) is 0 Å². The van der Waals surface area contributed by atoms with Crippen LogP contribution in [0, 0.1) is 13.8 Å². The molecule has 2 N–H and O–H groups in total. The number of halogens is 1. The molecular formula is C18H24ClNO2. The molecule has 0 aliphatic heterocycles. The van der Waals surface area contributed by atoms with E-state index in [0.717, 1.165) is 11.1 Å². The molecule has 1 rings (SSSR count). The Hall–Kier alpha value is -2.00. The third kappa shape index (κ3) is 5.41. The number of hydrogen-bond acceptors (Lipinski definition) is 2. The molecule has 0 amide bonds. The van der Waals surface area contributed by atoms with Gasteiger partial charge in [-0.25, -0.2) is 4.79 Å². The number of benzene rings is 1. The van der Waals surface area contributed by atoms with Crippen molar-refractivity contribution in [2.45, 2.75) is 34.6 Å². The summed E-state index contributed by atoms with van der Waals surface area (Å²) in [6, 6.07) is 3.85. The van der Waals surface area contributed by atoms with Gasteiger partial charge in [0.2, 0.25) is 0 Å². The van der Waals surface area contributed by atoms with Gasteiger partial charge in [-0.05, 0) is 38.0 Å². The van der Waals surface area contributed by atoms with Crippen LogP contribution in [0.5, 0.6) is 0 Å². The van der Waals surface area contributed by atoms with E-state index in [2.05, 4.69) is 11.9 Å². The van der Waals surface area contributed by atoms with Crippen LogP contribution in [0.4, 0.5) is 5.69 Å². The highest BCUT2D eigenvalue weighted by Crippen LogP contribution is 2.31. The minimum absolute atomic E-state index is 0.0138. The van der Waals surface area contributed by atoms with E-state index < -0.39 is 5.97 Å². The summed E-state index contributed by atoms with van der Waals surface area (Å²) in [6.07, 6.45) is 5.21. The van der Waals surface area contributed by atoms with Gasteiger partial charge in [-0.15, -0.1) is 0 Å². The molecule has 0 aromatic heterocycles. The number of rotatable bonds is 5. The Morgan fingerprint density at radius 1 is 1.27 bits per heavy atom. The molecule has 120 valence electrons. The number of carboxylic acids is 1. The summed E-state index contributed by atoms with van der Waals surface area (Å²) >= 11 is 6.28. The molecule has 0 fully saturated rings. The summed E-state index contributed by atoms with van der Waals surface area (Å²) in [4.78, 5) is 11.1. The summed E-state index contributed by atoms with van der Waals surface area (Å²) in [6.45, 7) is 13.2. The first-order valence-electron chi connectivity index (χ1n) is 7.16. The Bertz CT molecular complexity index is 601. The van der Waals surface area contributed by atoms with Gasteiger partial charge in [0.05, 0.1) is 22.0 Å². The first kappa shape index (κ1) is 20.0. The zero-order valence-corrected chi connectivity index (χ0v) is 14.6.